The zero-order valence-corrected chi connectivity index (χ0v) is 25.3. The Kier molecular flexibility index (Phi) is 14.2. The molecule has 6 nitrogen and oxygen atoms in total. The summed E-state index contributed by atoms with van der Waals surface area (Å²) >= 11 is 0. The van der Waals surface area contributed by atoms with E-state index in [1.807, 2.05) is 0 Å². The molecule has 0 saturated carbocycles. The SMILES string of the molecule is CCC(=O)OCCC(C)CCCC(C)(C)c1cc(O)c(C(C)(C)CCCC(C)CCOC(=O)CC)cc1O. The summed E-state index contributed by atoms with van der Waals surface area (Å²) in [7, 11) is 0. The number of ether oxygens (including phenoxy) is 2. The summed E-state index contributed by atoms with van der Waals surface area (Å²) in [5.74, 6) is 1.08. The van der Waals surface area contributed by atoms with Crippen molar-refractivity contribution in [3.8, 4) is 11.5 Å². The lowest BCUT2D eigenvalue weighted by Gasteiger charge is -2.31. The predicted molar refractivity (Wildman–Crippen MR) is 154 cm³/mol. The third-order valence-corrected chi connectivity index (χ3v) is 7.89. The molecule has 2 atom stereocenters. The molecule has 0 aromatic heterocycles. The first-order valence-corrected chi connectivity index (χ1v) is 14.6. The maximum atomic E-state index is 11.3. The average Bonchev–Trinajstić information content (AvgIpc) is 2.84. The van der Waals surface area contributed by atoms with Crippen LogP contribution < -0.4 is 0 Å². The Hall–Kier alpha value is -2.24. The molecule has 0 radical (unpaired) electrons. The van der Waals surface area contributed by atoms with Gasteiger partial charge in [-0.3, -0.25) is 9.59 Å². The molecule has 1 rings (SSSR count). The van der Waals surface area contributed by atoms with Crippen LogP contribution in [0.3, 0.4) is 0 Å². The Morgan fingerprint density at radius 3 is 1.37 bits per heavy atom. The number of carbonyl (C=O) groups excluding carboxylic acids is 2. The van der Waals surface area contributed by atoms with E-state index in [4.69, 9.17) is 9.47 Å². The lowest BCUT2D eigenvalue weighted by atomic mass is 9.75. The van der Waals surface area contributed by atoms with Gasteiger partial charge < -0.3 is 19.7 Å². The summed E-state index contributed by atoms with van der Waals surface area (Å²) in [6.45, 7) is 17.3. The standard InChI is InChI=1S/C32H54O6/c1-9-29(35)37-19-15-23(3)13-11-17-31(5,6)25-21-28(34)26(22-27(25)33)32(7,8)18-12-14-24(4)16-20-38-30(36)10-2/h21-24,33-34H,9-20H2,1-8H3. The van der Waals surface area contributed by atoms with Crippen molar-refractivity contribution in [2.75, 3.05) is 13.2 Å². The molecular weight excluding hydrogens is 480 g/mol. The van der Waals surface area contributed by atoms with Crippen LogP contribution in [0.5, 0.6) is 11.5 Å². The van der Waals surface area contributed by atoms with Gasteiger partial charge in [-0.1, -0.05) is 81.1 Å². The highest BCUT2D eigenvalue weighted by molar-refractivity contribution is 5.69. The molecule has 38 heavy (non-hydrogen) atoms. The molecule has 0 amide bonds. The first-order chi connectivity index (χ1) is 17.7. The van der Waals surface area contributed by atoms with Gasteiger partial charge in [-0.05, 0) is 60.5 Å². The molecule has 218 valence electrons. The Balaban J connectivity index is 2.67. The second-order valence-corrected chi connectivity index (χ2v) is 12.4. The number of carbonyl (C=O) groups is 2. The Bertz CT molecular complexity index is 801. The Morgan fingerprint density at radius 2 is 1.05 bits per heavy atom. The fourth-order valence-corrected chi connectivity index (χ4v) is 4.96. The van der Waals surface area contributed by atoms with Crippen molar-refractivity contribution in [3.63, 3.8) is 0 Å². The lowest BCUT2D eigenvalue weighted by molar-refractivity contribution is -0.144. The minimum absolute atomic E-state index is 0.151. The fraction of sp³-hybridized carbons (Fsp3) is 0.750. The number of esters is 2. The van der Waals surface area contributed by atoms with E-state index in [9.17, 15) is 19.8 Å². The van der Waals surface area contributed by atoms with E-state index in [-0.39, 0.29) is 34.3 Å². The molecule has 1 aromatic carbocycles. The molecule has 0 spiro atoms. The molecule has 0 fully saturated rings. The van der Waals surface area contributed by atoms with Crippen LogP contribution in [0, 0.1) is 11.8 Å². The highest BCUT2D eigenvalue weighted by Crippen LogP contribution is 2.43. The monoisotopic (exact) mass is 534 g/mol. The maximum absolute atomic E-state index is 11.3. The minimum atomic E-state index is -0.282. The van der Waals surface area contributed by atoms with Crippen LogP contribution in [0.2, 0.25) is 0 Å². The van der Waals surface area contributed by atoms with Gasteiger partial charge in [0.2, 0.25) is 0 Å². The van der Waals surface area contributed by atoms with E-state index in [0.717, 1.165) is 62.5 Å². The maximum Gasteiger partial charge on any atom is 0.305 e. The number of phenols is 2. The zero-order valence-electron chi connectivity index (χ0n) is 25.3. The van der Waals surface area contributed by atoms with E-state index in [2.05, 4.69) is 41.5 Å². The molecule has 2 unspecified atom stereocenters. The number of hydrogen-bond acceptors (Lipinski definition) is 6. The summed E-state index contributed by atoms with van der Waals surface area (Å²) in [5.41, 5.74) is 0.980. The van der Waals surface area contributed by atoms with Gasteiger partial charge in [-0.2, -0.15) is 0 Å². The largest absolute Gasteiger partial charge is 0.508 e. The quantitative estimate of drug-likeness (QED) is 0.147. The molecule has 0 bridgehead atoms. The van der Waals surface area contributed by atoms with Crippen LogP contribution in [0.4, 0.5) is 0 Å². The van der Waals surface area contributed by atoms with Gasteiger partial charge in [0.25, 0.3) is 0 Å². The second kappa shape index (κ2) is 16.0. The van der Waals surface area contributed by atoms with Gasteiger partial charge in [0, 0.05) is 24.0 Å². The number of rotatable bonds is 18. The van der Waals surface area contributed by atoms with Crippen molar-refractivity contribution >= 4 is 11.9 Å². The molecule has 2 N–H and O–H groups in total. The molecule has 0 aliphatic heterocycles. The molecular formula is C32H54O6. The van der Waals surface area contributed by atoms with Crippen molar-refractivity contribution in [1.82, 2.24) is 0 Å². The van der Waals surface area contributed by atoms with Gasteiger partial charge in [-0.25, -0.2) is 0 Å². The van der Waals surface area contributed by atoms with E-state index < -0.39 is 0 Å². The summed E-state index contributed by atoms with van der Waals surface area (Å²) < 4.78 is 10.4. The smallest absolute Gasteiger partial charge is 0.305 e. The van der Waals surface area contributed by atoms with Crippen LogP contribution >= 0.6 is 0 Å². The van der Waals surface area contributed by atoms with E-state index in [1.54, 1.807) is 26.0 Å². The molecule has 1 aromatic rings. The number of benzene rings is 1. The van der Waals surface area contributed by atoms with Crippen LogP contribution in [-0.4, -0.2) is 35.4 Å². The van der Waals surface area contributed by atoms with Crippen molar-refractivity contribution < 1.29 is 29.3 Å². The number of phenolic OH excluding ortho intramolecular Hbond substituents is 2. The molecule has 0 heterocycles. The minimum Gasteiger partial charge on any atom is -0.508 e. The second-order valence-electron chi connectivity index (χ2n) is 12.4. The third-order valence-electron chi connectivity index (χ3n) is 7.89. The fourth-order valence-electron chi connectivity index (χ4n) is 4.96. The summed E-state index contributed by atoms with van der Waals surface area (Å²) in [6.07, 6.45) is 8.30. The van der Waals surface area contributed by atoms with E-state index >= 15 is 0 Å². The predicted octanol–water partition coefficient (Wildman–Crippen LogP) is 7.95. The van der Waals surface area contributed by atoms with Gasteiger partial charge in [0.05, 0.1) is 13.2 Å². The van der Waals surface area contributed by atoms with E-state index in [0.29, 0.717) is 37.9 Å². The van der Waals surface area contributed by atoms with Crippen molar-refractivity contribution in [2.45, 2.75) is 130 Å². The third kappa shape index (κ3) is 11.7. The molecule has 0 aliphatic carbocycles. The Labute approximate surface area is 231 Å². The molecule has 0 saturated heterocycles. The summed E-state index contributed by atoms with van der Waals surface area (Å²) in [6, 6.07) is 3.51. The van der Waals surface area contributed by atoms with Crippen molar-refractivity contribution in [2.24, 2.45) is 11.8 Å². The van der Waals surface area contributed by atoms with E-state index in [1.165, 1.54) is 0 Å². The van der Waals surface area contributed by atoms with Gasteiger partial charge in [-0.15, -0.1) is 0 Å². The van der Waals surface area contributed by atoms with Gasteiger partial charge in [0.1, 0.15) is 11.5 Å². The Morgan fingerprint density at radius 1 is 0.711 bits per heavy atom. The topological polar surface area (TPSA) is 93.1 Å². The summed E-state index contributed by atoms with van der Waals surface area (Å²) in [5, 5.41) is 22.0. The summed E-state index contributed by atoms with van der Waals surface area (Å²) in [4.78, 5) is 22.6. The highest BCUT2D eigenvalue weighted by atomic mass is 16.5. The highest BCUT2D eigenvalue weighted by Gasteiger charge is 2.30. The van der Waals surface area contributed by atoms with Crippen molar-refractivity contribution in [3.05, 3.63) is 23.3 Å². The number of aromatic hydroxyl groups is 2. The van der Waals surface area contributed by atoms with Crippen molar-refractivity contribution in [1.29, 1.82) is 0 Å². The van der Waals surface area contributed by atoms with Crippen LogP contribution in [0.25, 0.3) is 0 Å². The molecule has 6 heteroatoms. The van der Waals surface area contributed by atoms with Crippen LogP contribution in [0.15, 0.2) is 12.1 Å². The van der Waals surface area contributed by atoms with Gasteiger partial charge in [0.15, 0.2) is 0 Å². The van der Waals surface area contributed by atoms with Gasteiger partial charge >= 0.3 is 11.9 Å². The van der Waals surface area contributed by atoms with Crippen LogP contribution in [0.1, 0.15) is 131 Å². The number of hydrogen-bond donors (Lipinski definition) is 2. The first-order valence-electron chi connectivity index (χ1n) is 14.6. The van der Waals surface area contributed by atoms with Crippen LogP contribution in [-0.2, 0) is 29.9 Å². The first kappa shape index (κ1) is 33.8. The molecule has 0 aliphatic rings. The lowest BCUT2D eigenvalue weighted by Crippen LogP contribution is -2.21. The normalized spacial score (nSPS) is 13.7. The zero-order chi connectivity index (χ0) is 28.9. The average molecular weight is 535 g/mol.